The van der Waals surface area contributed by atoms with Crippen molar-refractivity contribution in [1.29, 1.82) is 0 Å². The monoisotopic (exact) mass is 610 g/mol. The Kier molecular flexibility index (Phi) is 5.91. The summed E-state index contributed by atoms with van der Waals surface area (Å²) in [5, 5.41) is 7.51. The minimum Gasteiger partial charge on any atom is -0.309 e. The van der Waals surface area contributed by atoms with Crippen molar-refractivity contribution in [2.45, 2.75) is 0 Å². The van der Waals surface area contributed by atoms with Crippen molar-refractivity contribution in [3.05, 3.63) is 182 Å². The normalized spacial score (nSPS) is 11.8. The molecule has 0 aliphatic carbocycles. The highest BCUT2D eigenvalue weighted by Crippen LogP contribution is 2.44. The van der Waals surface area contributed by atoms with E-state index in [1.807, 2.05) is 0 Å². The van der Waals surface area contributed by atoms with Gasteiger partial charge in [0.15, 0.2) is 0 Å². The molecule has 2 nitrogen and oxygen atoms in total. The number of aromatic nitrogens is 2. The molecule has 0 aliphatic rings. The average molecular weight is 611 g/mol. The second kappa shape index (κ2) is 10.6. The Morgan fingerprint density at radius 1 is 0.292 bits per heavy atom. The molecule has 2 aromatic heterocycles. The molecule has 0 bridgehead atoms. The summed E-state index contributed by atoms with van der Waals surface area (Å²) >= 11 is 0. The van der Waals surface area contributed by atoms with Gasteiger partial charge in [0.25, 0.3) is 0 Å². The van der Waals surface area contributed by atoms with E-state index in [2.05, 4.69) is 191 Å². The molecule has 8 aromatic carbocycles. The van der Waals surface area contributed by atoms with Gasteiger partial charge in [-0.05, 0) is 76.0 Å². The van der Waals surface area contributed by atoms with Crippen LogP contribution in [0.3, 0.4) is 0 Å². The lowest BCUT2D eigenvalue weighted by atomic mass is 9.93. The van der Waals surface area contributed by atoms with Crippen molar-refractivity contribution in [3.63, 3.8) is 0 Å². The van der Waals surface area contributed by atoms with Gasteiger partial charge in [-0.1, -0.05) is 133 Å². The molecular formula is C46H30N2. The van der Waals surface area contributed by atoms with Crippen LogP contribution in [0.2, 0.25) is 0 Å². The van der Waals surface area contributed by atoms with E-state index >= 15 is 0 Å². The lowest BCUT2D eigenvalue weighted by Gasteiger charge is -2.15. The summed E-state index contributed by atoms with van der Waals surface area (Å²) in [6.45, 7) is 0. The van der Waals surface area contributed by atoms with Gasteiger partial charge in [-0.2, -0.15) is 0 Å². The third-order valence-corrected chi connectivity index (χ3v) is 9.89. The van der Waals surface area contributed by atoms with E-state index in [0.717, 1.165) is 5.69 Å². The maximum Gasteiger partial charge on any atom is 0.0625 e. The fourth-order valence-electron chi connectivity index (χ4n) is 7.77. The van der Waals surface area contributed by atoms with Gasteiger partial charge in [-0.15, -0.1) is 0 Å². The molecule has 2 heteroatoms. The van der Waals surface area contributed by atoms with Crippen LogP contribution in [-0.2, 0) is 0 Å². The van der Waals surface area contributed by atoms with Crippen LogP contribution in [0, 0.1) is 0 Å². The predicted octanol–water partition coefficient (Wildman–Crippen LogP) is 12.4. The topological polar surface area (TPSA) is 9.86 Å². The van der Waals surface area contributed by atoms with Gasteiger partial charge in [0.2, 0.25) is 0 Å². The van der Waals surface area contributed by atoms with Crippen molar-refractivity contribution in [2.24, 2.45) is 0 Å². The Balaban J connectivity index is 1.29. The number of rotatable bonds is 4. The summed E-state index contributed by atoms with van der Waals surface area (Å²) in [5.74, 6) is 0. The van der Waals surface area contributed by atoms with Gasteiger partial charge in [-0.3, -0.25) is 0 Å². The van der Waals surface area contributed by atoms with E-state index in [0.29, 0.717) is 0 Å². The summed E-state index contributed by atoms with van der Waals surface area (Å²) in [6.07, 6.45) is 0. The summed E-state index contributed by atoms with van der Waals surface area (Å²) in [5.41, 5.74) is 12.1. The predicted molar refractivity (Wildman–Crippen MR) is 203 cm³/mol. The van der Waals surface area contributed by atoms with Crippen LogP contribution in [0.15, 0.2) is 182 Å². The summed E-state index contributed by atoms with van der Waals surface area (Å²) < 4.78 is 4.87. The average Bonchev–Trinajstić information content (AvgIpc) is 3.67. The fourth-order valence-corrected chi connectivity index (χ4v) is 7.77. The van der Waals surface area contributed by atoms with Crippen molar-refractivity contribution < 1.29 is 0 Å². The van der Waals surface area contributed by atoms with E-state index < -0.39 is 0 Å². The molecule has 0 saturated carbocycles. The second-order valence-electron chi connectivity index (χ2n) is 12.6. The van der Waals surface area contributed by atoms with Crippen LogP contribution in [0.25, 0.3) is 88.0 Å². The van der Waals surface area contributed by atoms with Crippen molar-refractivity contribution in [2.75, 3.05) is 0 Å². The van der Waals surface area contributed by atoms with Gasteiger partial charge >= 0.3 is 0 Å². The van der Waals surface area contributed by atoms with Crippen LogP contribution in [-0.4, -0.2) is 9.13 Å². The largest absolute Gasteiger partial charge is 0.309 e. The van der Waals surface area contributed by atoms with E-state index in [-0.39, 0.29) is 0 Å². The van der Waals surface area contributed by atoms with Gasteiger partial charge in [0.05, 0.1) is 22.1 Å². The third-order valence-electron chi connectivity index (χ3n) is 9.89. The highest BCUT2D eigenvalue weighted by molar-refractivity contribution is 6.21. The molecule has 0 fully saturated rings. The molecule has 0 spiro atoms. The summed E-state index contributed by atoms with van der Waals surface area (Å²) in [7, 11) is 0. The van der Waals surface area contributed by atoms with Gasteiger partial charge < -0.3 is 9.13 Å². The molecule has 10 aromatic rings. The minimum atomic E-state index is 1.15. The molecule has 0 radical (unpaired) electrons. The smallest absolute Gasteiger partial charge is 0.0625 e. The van der Waals surface area contributed by atoms with Crippen molar-refractivity contribution >= 4 is 54.4 Å². The number of para-hydroxylation sites is 3. The first-order valence-corrected chi connectivity index (χ1v) is 16.5. The number of hydrogen-bond acceptors (Lipinski definition) is 0. The Morgan fingerprint density at radius 2 is 0.833 bits per heavy atom. The van der Waals surface area contributed by atoms with Crippen molar-refractivity contribution in [1.82, 2.24) is 9.13 Å². The van der Waals surface area contributed by atoms with Crippen LogP contribution in [0.5, 0.6) is 0 Å². The first-order chi connectivity index (χ1) is 23.8. The molecule has 224 valence electrons. The van der Waals surface area contributed by atoms with Crippen LogP contribution >= 0.6 is 0 Å². The molecule has 10 rings (SSSR count). The van der Waals surface area contributed by atoms with E-state index in [1.54, 1.807) is 0 Å². The van der Waals surface area contributed by atoms with Crippen LogP contribution in [0.4, 0.5) is 0 Å². The van der Waals surface area contributed by atoms with Crippen LogP contribution < -0.4 is 0 Å². The van der Waals surface area contributed by atoms with Gasteiger partial charge in [0, 0.05) is 38.5 Å². The lowest BCUT2D eigenvalue weighted by Crippen LogP contribution is -1.97. The first-order valence-electron chi connectivity index (χ1n) is 16.5. The highest BCUT2D eigenvalue weighted by atomic mass is 15.0. The zero-order valence-electron chi connectivity index (χ0n) is 26.2. The zero-order chi connectivity index (χ0) is 31.6. The number of nitrogens with zero attached hydrogens (tertiary/aromatic N) is 2. The fraction of sp³-hybridized carbons (Fsp3) is 0. The SMILES string of the molecule is c1ccc(-c2ccc(-c3c4ccccc4cc4c5ccccc5n(-c5ccc6c(c5)c5ccccc5n6-c5ccccc5)c34)cc2)cc1. The Bertz CT molecular complexity index is 2800. The van der Waals surface area contributed by atoms with E-state index in [9.17, 15) is 0 Å². The molecule has 0 saturated heterocycles. The molecular weight excluding hydrogens is 581 g/mol. The summed E-state index contributed by atoms with van der Waals surface area (Å²) in [6, 6.07) is 66.2. The van der Waals surface area contributed by atoms with E-state index in [4.69, 9.17) is 0 Å². The maximum atomic E-state index is 2.49. The van der Waals surface area contributed by atoms with Crippen LogP contribution in [0.1, 0.15) is 0 Å². The molecule has 0 aliphatic heterocycles. The third kappa shape index (κ3) is 4.00. The second-order valence-corrected chi connectivity index (χ2v) is 12.6. The maximum absolute atomic E-state index is 2.49. The quantitative estimate of drug-likeness (QED) is 0.188. The Hall–Kier alpha value is -6.38. The Morgan fingerprint density at radius 3 is 1.58 bits per heavy atom. The zero-order valence-corrected chi connectivity index (χ0v) is 26.2. The molecule has 48 heavy (non-hydrogen) atoms. The molecule has 0 N–H and O–H groups in total. The number of fused-ring (bicyclic) bond motifs is 7. The molecule has 0 unspecified atom stereocenters. The first kappa shape index (κ1) is 26.8. The highest BCUT2D eigenvalue weighted by Gasteiger charge is 2.21. The number of benzene rings is 8. The van der Waals surface area contributed by atoms with Crippen molar-refractivity contribution in [3.8, 4) is 33.6 Å². The Labute approximate surface area is 278 Å². The van der Waals surface area contributed by atoms with Gasteiger partial charge in [0.1, 0.15) is 0 Å². The number of hydrogen-bond donors (Lipinski definition) is 0. The summed E-state index contributed by atoms with van der Waals surface area (Å²) in [4.78, 5) is 0. The molecule has 2 heterocycles. The standard InChI is InChI=1S/C46H30N2/c1-3-13-31(14-4-1)32-23-25-33(26-24-32)45-37-18-8-7-15-34(37)29-41-39-20-10-12-22-43(39)48(46(41)45)36-27-28-44-40(30-36)38-19-9-11-21-42(38)47(44)35-16-5-2-6-17-35/h1-30H. The molecule has 0 atom stereocenters. The van der Waals surface area contributed by atoms with Gasteiger partial charge in [-0.25, -0.2) is 0 Å². The minimum absolute atomic E-state index is 1.15. The lowest BCUT2D eigenvalue weighted by molar-refractivity contribution is 1.17. The van der Waals surface area contributed by atoms with E-state index in [1.165, 1.54) is 82.3 Å². The molecule has 0 amide bonds.